The molecular formula is C17H18BrNS. The van der Waals surface area contributed by atoms with Crippen LogP contribution in [0, 0.1) is 0 Å². The van der Waals surface area contributed by atoms with E-state index in [1.807, 2.05) is 18.8 Å². The first kappa shape index (κ1) is 14.2. The zero-order valence-electron chi connectivity index (χ0n) is 11.6. The summed E-state index contributed by atoms with van der Waals surface area (Å²) in [4.78, 5) is 2.69. The molecule has 0 unspecified atom stereocenters. The highest BCUT2D eigenvalue weighted by Gasteiger charge is 2.12. The Morgan fingerprint density at radius 1 is 1.10 bits per heavy atom. The van der Waals surface area contributed by atoms with Crippen LogP contribution in [-0.4, -0.2) is 7.05 Å². The Hall–Kier alpha value is -0.770. The fourth-order valence-corrected chi connectivity index (χ4v) is 4.11. The highest BCUT2D eigenvalue weighted by molar-refractivity contribution is 9.10. The van der Waals surface area contributed by atoms with E-state index in [2.05, 4.69) is 57.6 Å². The topological polar surface area (TPSA) is 12.0 Å². The van der Waals surface area contributed by atoms with Crippen LogP contribution in [0.4, 0.5) is 0 Å². The Kier molecular flexibility index (Phi) is 4.49. The number of aryl methyl sites for hydroxylation is 2. The average molecular weight is 348 g/mol. The second-order valence-corrected chi connectivity index (χ2v) is 7.20. The van der Waals surface area contributed by atoms with Gasteiger partial charge in [-0.25, -0.2) is 0 Å². The lowest BCUT2D eigenvalue weighted by molar-refractivity contribution is 0.802. The van der Waals surface area contributed by atoms with Crippen LogP contribution in [0.5, 0.6) is 0 Å². The highest BCUT2D eigenvalue weighted by Crippen LogP contribution is 2.34. The monoisotopic (exact) mass is 347 g/mol. The Balaban J connectivity index is 1.87. The quantitative estimate of drug-likeness (QED) is 0.851. The van der Waals surface area contributed by atoms with Crippen molar-refractivity contribution in [1.29, 1.82) is 0 Å². The van der Waals surface area contributed by atoms with E-state index in [9.17, 15) is 0 Å². The zero-order chi connectivity index (χ0) is 13.9. The van der Waals surface area contributed by atoms with Crippen molar-refractivity contribution < 1.29 is 0 Å². The third-order valence-electron chi connectivity index (χ3n) is 3.69. The third-order valence-corrected chi connectivity index (χ3v) is 5.29. The van der Waals surface area contributed by atoms with Crippen molar-refractivity contribution in [1.82, 2.24) is 5.32 Å². The van der Waals surface area contributed by atoms with Gasteiger partial charge in [0.15, 0.2) is 0 Å². The van der Waals surface area contributed by atoms with Crippen molar-refractivity contribution in [2.75, 3.05) is 7.05 Å². The zero-order valence-corrected chi connectivity index (χ0v) is 14.0. The molecule has 1 aliphatic rings. The maximum atomic E-state index is 3.56. The summed E-state index contributed by atoms with van der Waals surface area (Å²) in [5.41, 5.74) is 4.43. The summed E-state index contributed by atoms with van der Waals surface area (Å²) in [7, 11) is 1.99. The largest absolute Gasteiger partial charge is 0.316 e. The van der Waals surface area contributed by atoms with Gasteiger partial charge >= 0.3 is 0 Å². The summed E-state index contributed by atoms with van der Waals surface area (Å²) in [6.07, 6.45) is 3.81. The van der Waals surface area contributed by atoms with E-state index in [0.29, 0.717) is 0 Å². The molecule has 0 atom stereocenters. The molecule has 0 fully saturated rings. The molecule has 1 aliphatic carbocycles. The van der Waals surface area contributed by atoms with Crippen LogP contribution < -0.4 is 5.32 Å². The number of fused-ring (bicyclic) bond motifs is 1. The van der Waals surface area contributed by atoms with Crippen molar-refractivity contribution in [3.05, 3.63) is 57.6 Å². The van der Waals surface area contributed by atoms with Crippen LogP contribution in [0.2, 0.25) is 0 Å². The second kappa shape index (κ2) is 6.33. The van der Waals surface area contributed by atoms with Gasteiger partial charge < -0.3 is 5.32 Å². The van der Waals surface area contributed by atoms with Gasteiger partial charge in [-0.15, -0.1) is 0 Å². The van der Waals surface area contributed by atoms with Gasteiger partial charge in [0.1, 0.15) is 0 Å². The van der Waals surface area contributed by atoms with Gasteiger partial charge in [0.25, 0.3) is 0 Å². The van der Waals surface area contributed by atoms with E-state index in [0.717, 1.165) is 11.0 Å². The molecule has 0 saturated heterocycles. The Morgan fingerprint density at radius 2 is 1.95 bits per heavy atom. The summed E-state index contributed by atoms with van der Waals surface area (Å²) in [5.74, 6) is 0. The first-order valence-electron chi connectivity index (χ1n) is 6.99. The average Bonchev–Trinajstić information content (AvgIpc) is 2.89. The lowest BCUT2D eigenvalue weighted by Crippen LogP contribution is -2.06. The predicted octanol–water partition coefficient (Wildman–Crippen LogP) is 4.81. The predicted molar refractivity (Wildman–Crippen MR) is 89.5 cm³/mol. The maximum Gasteiger partial charge on any atom is 0.0214 e. The van der Waals surface area contributed by atoms with E-state index in [1.165, 1.54) is 34.6 Å². The smallest absolute Gasteiger partial charge is 0.0214 e. The number of rotatable bonds is 4. The summed E-state index contributed by atoms with van der Waals surface area (Å²) >= 11 is 5.42. The molecule has 20 heavy (non-hydrogen) atoms. The van der Waals surface area contributed by atoms with Gasteiger partial charge in [-0.1, -0.05) is 33.8 Å². The van der Waals surface area contributed by atoms with Crippen LogP contribution in [0.3, 0.4) is 0 Å². The van der Waals surface area contributed by atoms with Crippen molar-refractivity contribution in [3.63, 3.8) is 0 Å². The number of benzene rings is 2. The molecule has 1 nitrogen and oxygen atoms in total. The Labute approximate surface area is 133 Å². The molecular weight excluding hydrogens is 330 g/mol. The van der Waals surface area contributed by atoms with Gasteiger partial charge in [0, 0.05) is 20.8 Å². The minimum atomic E-state index is 0.896. The lowest BCUT2D eigenvalue weighted by atomic mass is 10.1. The van der Waals surface area contributed by atoms with E-state index in [-0.39, 0.29) is 0 Å². The Bertz CT molecular complexity index is 624. The molecule has 0 spiro atoms. The first-order chi connectivity index (χ1) is 9.76. The molecule has 0 bridgehead atoms. The molecule has 2 aromatic carbocycles. The summed E-state index contributed by atoms with van der Waals surface area (Å²) in [6, 6.07) is 13.5. The molecule has 3 heteroatoms. The molecule has 0 radical (unpaired) electrons. The maximum absolute atomic E-state index is 3.56. The second-order valence-electron chi connectivity index (χ2n) is 5.17. The lowest BCUT2D eigenvalue weighted by Gasteiger charge is -2.10. The standard InChI is InChI=1S/C17H18BrNS/c1-19-11-14-9-15(18)6-8-17(14)20-16-7-5-12-3-2-4-13(12)10-16/h5-10,19H,2-4,11H2,1H3. The fraction of sp³-hybridized carbons (Fsp3) is 0.294. The minimum absolute atomic E-state index is 0.896. The SMILES string of the molecule is CNCc1cc(Br)ccc1Sc1ccc2c(c1)CCC2. The molecule has 2 aromatic rings. The summed E-state index contributed by atoms with van der Waals surface area (Å²) in [5, 5.41) is 3.24. The van der Waals surface area contributed by atoms with Gasteiger partial charge in [-0.05, 0) is 73.3 Å². The highest BCUT2D eigenvalue weighted by atomic mass is 79.9. The van der Waals surface area contributed by atoms with E-state index < -0.39 is 0 Å². The van der Waals surface area contributed by atoms with Gasteiger partial charge in [0.2, 0.25) is 0 Å². The van der Waals surface area contributed by atoms with Gasteiger partial charge in [-0.2, -0.15) is 0 Å². The fourth-order valence-electron chi connectivity index (χ4n) is 2.71. The Morgan fingerprint density at radius 3 is 2.80 bits per heavy atom. The van der Waals surface area contributed by atoms with Gasteiger partial charge in [-0.3, -0.25) is 0 Å². The van der Waals surface area contributed by atoms with Crippen molar-refractivity contribution in [3.8, 4) is 0 Å². The van der Waals surface area contributed by atoms with Crippen molar-refractivity contribution >= 4 is 27.7 Å². The third kappa shape index (κ3) is 3.11. The molecule has 0 aliphatic heterocycles. The van der Waals surface area contributed by atoms with Crippen LogP contribution in [0.15, 0.2) is 50.7 Å². The molecule has 3 rings (SSSR count). The summed E-state index contributed by atoms with van der Waals surface area (Å²) in [6.45, 7) is 0.896. The summed E-state index contributed by atoms with van der Waals surface area (Å²) < 4.78 is 1.14. The normalized spacial score (nSPS) is 13.5. The minimum Gasteiger partial charge on any atom is -0.316 e. The van der Waals surface area contributed by atoms with Crippen LogP contribution in [0.25, 0.3) is 0 Å². The molecule has 1 N–H and O–H groups in total. The number of hydrogen-bond donors (Lipinski definition) is 1. The van der Waals surface area contributed by atoms with Crippen LogP contribution in [-0.2, 0) is 19.4 Å². The molecule has 0 heterocycles. The first-order valence-corrected chi connectivity index (χ1v) is 8.60. The number of halogens is 1. The van der Waals surface area contributed by atoms with E-state index in [1.54, 1.807) is 11.1 Å². The van der Waals surface area contributed by atoms with Gasteiger partial charge in [0.05, 0.1) is 0 Å². The molecule has 0 amide bonds. The van der Waals surface area contributed by atoms with Crippen LogP contribution >= 0.6 is 27.7 Å². The number of nitrogens with one attached hydrogen (secondary N) is 1. The van der Waals surface area contributed by atoms with E-state index in [4.69, 9.17) is 0 Å². The van der Waals surface area contributed by atoms with E-state index >= 15 is 0 Å². The van der Waals surface area contributed by atoms with Crippen molar-refractivity contribution in [2.45, 2.75) is 35.6 Å². The molecule has 104 valence electrons. The van der Waals surface area contributed by atoms with Crippen LogP contribution in [0.1, 0.15) is 23.1 Å². The molecule has 0 saturated carbocycles. The van der Waals surface area contributed by atoms with Crippen molar-refractivity contribution in [2.24, 2.45) is 0 Å². The molecule has 0 aromatic heterocycles. The number of hydrogen-bond acceptors (Lipinski definition) is 2.